The average Bonchev–Trinajstić information content (AvgIpc) is 2.59. The van der Waals surface area contributed by atoms with E-state index in [0.29, 0.717) is 27.7 Å². The third-order valence-corrected chi connectivity index (χ3v) is 4.14. The van der Waals surface area contributed by atoms with Crippen molar-refractivity contribution in [3.8, 4) is 5.75 Å². The number of benzene rings is 1. The van der Waals surface area contributed by atoms with Crippen LogP contribution in [-0.4, -0.2) is 29.9 Å². The summed E-state index contributed by atoms with van der Waals surface area (Å²) >= 11 is 5.17. The van der Waals surface area contributed by atoms with Gasteiger partial charge >= 0.3 is 5.97 Å². The molecule has 9 nitrogen and oxygen atoms in total. The van der Waals surface area contributed by atoms with Crippen molar-refractivity contribution in [3.05, 3.63) is 44.6 Å². The molecule has 0 bridgehead atoms. The van der Waals surface area contributed by atoms with Crippen molar-refractivity contribution in [1.82, 2.24) is 10.6 Å². The van der Waals surface area contributed by atoms with Gasteiger partial charge in [0, 0.05) is 29.0 Å². The zero-order valence-corrected chi connectivity index (χ0v) is 14.3. The first-order valence-corrected chi connectivity index (χ1v) is 7.71. The van der Waals surface area contributed by atoms with Gasteiger partial charge in [-0.05, 0) is 19.1 Å². The zero-order chi connectivity index (χ0) is 18.1. The molecule has 0 amide bonds. The summed E-state index contributed by atoms with van der Waals surface area (Å²) in [6.45, 7) is 1.87. The summed E-state index contributed by atoms with van der Waals surface area (Å²) in [6, 6.07) is 2.02. The minimum Gasteiger partial charge on any atom is -0.467 e. The molecular formula is C15H15N3O6S. The Kier molecular flexibility index (Phi) is 4.55. The minimum absolute atomic E-state index is 0.0173. The van der Waals surface area contributed by atoms with Crippen LogP contribution in [-0.2, 0) is 20.9 Å². The molecule has 3 rings (SSSR count). The van der Waals surface area contributed by atoms with Gasteiger partial charge in [0.15, 0.2) is 11.9 Å². The molecule has 1 aromatic carbocycles. The maximum absolute atomic E-state index is 12.3. The Morgan fingerprint density at radius 1 is 1.48 bits per heavy atom. The molecule has 132 valence electrons. The van der Waals surface area contributed by atoms with Crippen molar-refractivity contribution in [1.29, 1.82) is 0 Å². The maximum Gasteiger partial charge on any atom is 0.337 e. The van der Waals surface area contributed by atoms with E-state index in [1.807, 2.05) is 0 Å². The number of fused-ring (bicyclic) bond motifs is 1. The molecule has 25 heavy (non-hydrogen) atoms. The lowest BCUT2D eigenvalue weighted by molar-refractivity contribution is -0.385. The Balaban J connectivity index is 2.20. The number of ether oxygens (including phenoxy) is 3. The Labute approximate surface area is 148 Å². The number of hydrogen-bond acceptors (Lipinski definition) is 7. The van der Waals surface area contributed by atoms with Crippen LogP contribution in [0.4, 0.5) is 5.69 Å². The van der Waals surface area contributed by atoms with E-state index in [2.05, 4.69) is 10.6 Å². The molecule has 1 aromatic rings. The number of esters is 1. The number of allylic oxidation sites excluding steroid dienone is 1. The fraction of sp³-hybridized carbons (Fsp3) is 0.333. The Morgan fingerprint density at radius 3 is 2.92 bits per heavy atom. The molecule has 0 aliphatic carbocycles. The van der Waals surface area contributed by atoms with Crippen molar-refractivity contribution in [2.45, 2.75) is 19.6 Å². The number of nitro benzene ring substituents is 1. The van der Waals surface area contributed by atoms with E-state index in [1.165, 1.54) is 19.2 Å². The third kappa shape index (κ3) is 3.13. The Morgan fingerprint density at radius 2 is 2.24 bits per heavy atom. The molecule has 0 fully saturated rings. The highest BCUT2D eigenvalue weighted by molar-refractivity contribution is 7.80. The predicted octanol–water partition coefficient (Wildman–Crippen LogP) is 1.43. The van der Waals surface area contributed by atoms with Gasteiger partial charge in [-0.3, -0.25) is 10.1 Å². The summed E-state index contributed by atoms with van der Waals surface area (Å²) in [6.07, 6.45) is 0. The number of hydrogen-bond donors (Lipinski definition) is 2. The number of nitro groups is 1. The lowest BCUT2D eigenvalue weighted by Gasteiger charge is -2.31. The predicted molar refractivity (Wildman–Crippen MR) is 89.7 cm³/mol. The van der Waals surface area contributed by atoms with Crippen molar-refractivity contribution >= 4 is 29.0 Å². The van der Waals surface area contributed by atoms with Gasteiger partial charge in [0.05, 0.1) is 30.3 Å². The van der Waals surface area contributed by atoms with Crippen molar-refractivity contribution in [2.75, 3.05) is 13.9 Å². The smallest absolute Gasteiger partial charge is 0.337 e. The summed E-state index contributed by atoms with van der Waals surface area (Å²) in [7, 11) is 1.26. The molecule has 0 saturated heterocycles. The highest BCUT2D eigenvalue weighted by Gasteiger charge is 2.35. The van der Waals surface area contributed by atoms with E-state index < -0.39 is 16.9 Å². The summed E-state index contributed by atoms with van der Waals surface area (Å²) in [4.78, 5) is 23.0. The van der Waals surface area contributed by atoms with E-state index in [1.54, 1.807) is 6.92 Å². The Bertz CT molecular complexity index is 807. The number of carbonyl (C=O) groups excluding carboxylic acids is 1. The summed E-state index contributed by atoms with van der Waals surface area (Å²) < 4.78 is 15.6. The van der Waals surface area contributed by atoms with E-state index in [4.69, 9.17) is 26.4 Å². The van der Waals surface area contributed by atoms with Gasteiger partial charge in [0.25, 0.3) is 5.69 Å². The number of methoxy groups -OCH3 is 1. The molecule has 0 unspecified atom stereocenters. The maximum atomic E-state index is 12.3. The summed E-state index contributed by atoms with van der Waals surface area (Å²) in [5, 5.41) is 17.4. The van der Waals surface area contributed by atoms with Crippen LogP contribution in [0.3, 0.4) is 0 Å². The van der Waals surface area contributed by atoms with Crippen molar-refractivity contribution in [3.63, 3.8) is 0 Å². The number of rotatable bonds is 3. The first-order valence-electron chi connectivity index (χ1n) is 7.30. The van der Waals surface area contributed by atoms with Gasteiger partial charge in [-0.25, -0.2) is 4.79 Å². The van der Waals surface area contributed by atoms with Crippen LogP contribution in [0.5, 0.6) is 5.75 Å². The fourth-order valence-corrected chi connectivity index (χ4v) is 3.13. The molecule has 2 aliphatic rings. The molecule has 0 aromatic heterocycles. The van der Waals surface area contributed by atoms with Gasteiger partial charge < -0.3 is 24.8 Å². The SMILES string of the molecule is COC(=O)C1=C(C)NC(=S)N[C@H]1c1cc([N+](=O)[O-])cc2c1OCOC2. The van der Waals surface area contributed by atoms with Gasteiger partial charge in [0.2, 0.25) is 0 Å². The molecule has 2 aliphatic heterocycles. The third-order valence-electron chi connectivity index (χ3n) is 3.92. The Hall–Kier alpha value is -2.72. The van der Waals surface area contributed by atoms with Gasteiger partial charge in [-0.2, -0.15) is 0 Å². The molecule has 0 spiro atoms. The van der Waals surface area contributed by atoms with Crippen LogP contribution >= 0.6 is 12.2 Å². The van der Waals surface area contributed by atoms with Crippen LogP contribution in [0.25, 0.3) is 0 Å². The van der Waals surface area contributed by atoms with Crippen molar-refractivity contribution in [2.24, 2.45) is 0 Å². The molecule has 2 heterocycles. The fourth-order valence-electron chi connectivity index (χ4n) is 2.86. The van der Waals surface area contributed by atoms with E-state index in [0.717, 1.165) is 0 Å². The molecular weight excluding hydrogens is 350 g/mol. The van der Waals surface area contributed by atoms with Crippen LogP contribution in [0.15, 0.2) is 23.4 Å². The lowest BCUT2D eigenvalue weighted by Crippen LogP contribution is -2.45. The van der Waals surface area contributed by atoms with Crippen LogP contribution in [0.2, 0.25) is 0 Å². The molecule has 0 radical (unpaired) electrons. The quantitative estimate of drug-likeness (QED) is 0.355. The second kappa shape index (κ2) is 6.65. The number of thiocarbonyl (C=S) groups is 1. The van der Waals surface area contributed by atoms with Crippen LogP contribution in [0.1, 0.15) is 24.1 Å². The lowest BCUT2D eigenvalue weighted by atomic mass is 9.92. The number of carbonyl (C=O) groups is 1. The largest absolute Gasteiger partial charge is 0.467 e. The van der Waals surface area contributed by atoms with E-state index in [9.17, 15) is 14.9 Å². The second-order valence-electron chi connectivity index (χ2n) is 5.45. The first-order chi connectivity index (χ1) is 11.9. The minimum atomic E-state index is -0.743. The number of non-ortho nitro benzene ring substituents is 1. The monoisotopic (exact) mass is 365 g/mol. The van der Waals surface area contributed by atoms with Gasteiger partial charge in [0.1, 0.15) is 5.75 Å². The van der Waals surface area contributed by atoms with Crippen LogP contribution in [0, 0.1) is 10.1 Å². The number of nitrogens with zero attached hydrogens (tertiary/aromatic N) is 1. The molecule has 1 atom stereocenters. The van der Waals surface area contributed by atoms with Gasteiger partial charge in [-0.1, -0.05) is 0 Å². The number of nitrogens with one attached hydrogen (secondary N) is 2. The molecule has 0 saturated carbocycles. The van der Waals surface area contributed by atoms with Gasteiger partial charge in [-0.15, -0.1) is 0 Å². The molecule has 2 N–H and O–H groups in total. The standard InChI is InChI=1S/C15H15N3O6S/c1-7-11(14(19)22-2)12(17-15(25)16-7)10-4-9(18(20)21)3-8-5-23-6-24-13(8)10/h3-4,12H,5-6H2,1-2H3,(H2,16,17,25)/t12-/m0/s1. The normalized spacial score (nSPS) is 19.3. The van der Waals surface area contributed by atoms with E-state index in [-0.39, 0.29) is 24.7 Å². The average molecular weight is 365 g/mol. The highest BCUT2D eigenvalue weighted by atomic mass is 32.1. The van der Waals surface area contributed by atoms with Crippen LogP contribution < -0.4 is 15.4 Å². The van der Waals surface area contributed by atoms with E-state index >= 15 is 0 Å². The first kappa shape index (κ1) is 17.1. The second-order valence-corrected chi connectivity index (χ2v) is 5.86. The van der Waals surface area contributed by atoms with Crippen molar-refractivity contribution < 1.29 is 23.9 Å². The topological polar surface area (TPSA) is 112 Å². The highest BCUT2D eigenvalue weighted by Crippen LogP contribution is 2.40. The summed E-state index contributed by atoms with van der Waals surface area (Å²) in [5.74, 6) is -0.134. The summed E-state index contributed by atoms with van der Waals surface area (Å²) in [5.41, 5.74) is 1.61. The zero-order valence-electron chi connectivity index (χ0n) is 13.5. The molecule has 10 heteroatoms.